The van der Waals surface area contributed by atoms with Crippen molar-refractivity contribution in [2.45, 2.75) is 56.8 Å². The smallest absolute Gasteiger partial charge is 0.445 e. The van der Waals surface area contributed by atoms with Crippen molar-refractivity contribution in [2.75, 3.05) is 11.9 Å². The van der Waals surface area contributed by atoms with Gasteiger partial charge >= 0.3 is 12.3 Å². The van der Waals surface area contributed by atoms with Gasteiger partial charge in [-0.3, -0.25) is 4.79 Å². The Kier molecular flexibility index (Phi) is 4.65. The summed E-state index contributed by atoms with van der Waals surface area (Å²) in [4.78, 5) is 25.7. The number of likely N-dealkylation sites (tertiary alicyclic amines) is 1. The zero-order valence-corrected chi connectivity index (χ0v) is 17.5. The van der Waals surface area contributed by atoms with Crippen LogP contribution in [-0.4, -0.2) is 50.8 Å². The van der Waals surface area contributed by atoms with E-state index in [-0.39, 0.29) is 40.9 Å². The number of carbonyl (C=O) groups excluding carboxylic acids is 1. The predicted octanol–water partition coefficient (Wildman–Crippen LogP) is 3.02. The number of nitrogens with zero attached hydrogens (tertiary/aromatic N) is 3. The first-order chi connectivity index (χ1) is 14.6. The molecule has 4 aliphatic carbocycles. The second-order valence-corrected chi connectivity index (χ2v) is 10.6. The lowest BCUT2D eigenvalue weighted by molar-refractivity contribution is -0.154. The molecule has 170 valence electrons. The quantitative estimate of drug-likeness (QED) is 0.636. The third-order valence-electron chi connectivity index (χ3n) is 7.94. The van der Waals surface area contributed by atoms with Crippen LogP contribution in [0.3, 0.4) is 0 Å². The second-order valence-electron chi connectivity index (χ2n) is 9.61. The molecule has 2 heterocycles. The van der Waals surface area contributed by atoms with Crippen LogP contribution in [0.4, 0.5) is 23.1 Å². The minimum Gasteiger partial charge on any atom is -0.465 e. The number of hydrogen-bond acceptors (Lipinski definition) is 6. The van der Waals surface area contributed by atoms with Gasteiger partial charge < -0.3 is 21.1 Å². The molecule has 0 aromatic carbocycles. The summed E-state index contributed by atoms with van der Waals surface area (Å²) in [5.74, 6) is 0.608. The molecule has 1 aromatic heterocycles. The molecule has 4 N–H and O–H groups in total. The lowest BCUT2D eigenvalue weighted by Crippen LogP contribution is -2.61. The van der Waals surface area contributed by atoms with E-state index in [1.807, 2.05) is 0 Å². The van der Waals surface area contributed by atoms with Gasteiger partial charge in [0, 0.05) is 12.0 Å². The van der Waals surface area contributed by atoms with Crippen molar-refractivity contribution in [1.82, 2.24) is 15.1 Å². The monoisotopic (exact) mass is 459 g/mol. The zero-order chi connectivity index (χ0) is 22.1. The molecule has 6 rings (SSSR count). The van der Waals surface area contributed by atoms with Crippen LogP contribution in [0.25, 0.3) is 0 Å². The Morgan fingerprint density at radius 1 is 1.19 bits per heavy atom. The molecule has 1 aromatic rings. The third-order valence-corrected chi connectivity index (χ3v) is 8.84. The van der Waals surface area contributed by atoms with Gasteiger partial charge in [0.05, 0.1) is 12.1 Å². The molecule has 1 saturated heterocycles. The van der Waals surface area contributed by atoms with E-state index in [0.717, 1.165) is 19.3 Å². The summed E-state index contributed by atoms with van der Waals surface area (Å²) in [6.07, 6.45) is -1.04. The number of alkyl halides is 3. The molecule has 8 nitrogen and oxygen atoms in total. The van der Waals surface area contributed by atoms with E-state index in [0.29, 0.717) is 43.1 Å². The highest BCUT2D eigenvalue weighted by atomic mass is 32.1. The van der Waals surface area contributed by atoms with Gasteiger partial charge in [-0.15, -0.1) is 10.2 Å². The number of primary amides is 1. The number of carbonyl (C=O) groups is 2. The molecule has 7 atom stereocenters. The standard InChI is InChI=1S/C19H24F3N5O3S/c20-19(21,22)15-25-26-16(31-15)24-11-1-2-27(17(29)30)13(11)12-9-3-8-4-10(12)7-18(5-8,6-9)14(23)28/h8-13H,1-7H2,(H2,23,28)(H,24,26)(H,29,30)/t8?,9-,10?,11?,12?,13-,18-/m0/s1. The number of nitrogens with one attached hydrogen (secondary N) is 1. The van der Waals surface area contributed by atoms with Crippen LogP contribution in [0.15, 0.2) is 0 Å². The van der Waals surface area contributed by atoms with Crippen LogP contribution in [0.5, 0.6) is 0 Å². The molecule has 1 aliphatic heterocycles. The lowest BCUT2D eigenvalue weighted by Gasteiger charge is -2.61. The van der Waals surface area contributed by atoms with Gasteiger partial charge in [0.25, 0.3) is 0 Å². The van der Waals surface area contributed by atoms with Gasteiger partial charge in [0.15, 0.2) is 0 Å². The van der Waals surface area contributed by atoms with Crippen molar-refractivity contribution >= 4 is 28.5 Å². The first-order valence-electron chi connectivity index (χ1n) is 10.5. The number of rotatable bonds is 4. The summed E-state index contributed by atoms with van der Waals surface area (Å²) in [6, 6.07) is -0.729. The van der Waals surface area contributed by atoms with Crippen molar-refractivity contribution in [3.05, 3.63) is 5.01 Å². The molecule has 2 amide bonds. The average Bonchev–Trinajstić information content (AvgIpc) is 3.29. The lowest BCUT2D eigenvalue weighted by atomic mass is 9.44. The number of hydrogen-bond donors (Lipinski definition) is 3. The molecular formula is C19H24F3N5O3S. The molecule has 0 spiro atoms. The Bertz CT molecular complexity index is 893. The molecule has 4 unspecified atom stereocenters. The van der Waals surface area contributed by atoms with E-state index in [4.69, 9.17) is 5.73 Å². The molecule has 0 radical (unpaired) electrons. The molecule has 4 bridgehead atoms. The maximum absolute atomic E-state index is 12.9. The van der Waals surface area contributed by atoms with Crippen LogP contribution in [-0.2, 0) is 11.0 Å². The largest absolute Gasteiger partial charge is 0.465 e. The number of aromatic nitrogens is 2. The Labute approximate surface area is 180 Å². The van der Waals surface area contributed by atoms with Gasteiger partial charge in [0.1, 0.15) is 0 Å². The fourth-order valence-corrected chi connectivity index (χ4v) is 7.82. The Morgan fingerprint density at radius 3 is 2.42 bits per heavy atom. The molecule has 31 heavy (non-hydrogen) atoms. The number of amides is 2. The van der Waals surface area contributed by atoms with Crippen molar-refractivity contribution in [3.63, 3.8) is 0 Å². The Morgan fingerprint density at radius 2 is 1.87 bits per heavy atom. The maximum Gasteiger partial charge on any atom is 0.445 e. The SMILES string of the molecule is NC(=O)[C@]12CC3CC(C1)C([C@@H]1C(Nc4nnc(C(F)(F)F)s4)CCN1C(=O)O)[C@@H](C3)C2. The fourth-order valence-electron chi connectivity index (χ4n) is 7.15. The molecule has 4 saturated carbocycles. The van der Waals surface area contributed by atoms with Crippen molar-refractivity contribution in [3.8, 4) is 0 Å². The highest BCUT2D eigenvalue weighted by molar-refractivity contribution is 7.15. The van der Waals surface area contributed by atoms with E-state index in [1.165, 1.54) is 4.90 Å². The van der Waals surface area contributed by atoms with Crippen molar-refractivity contribution in [1.29, 1.82) is 0 Å². The fraction of sp³-hybridized carbons (Fsp3) is 0.789. The number of halogens is 3. The third kappa shape index (κ3) is 3.33. The van der Waals surface area contributed by atoms with Crippen LogP contribution in [0.1, 0.15) is 43.5 Å². The first kappa shape index (κ1) is 20.8. The molecule has 5 fully saturated rings. The highest BCUT2D eigenvalue weighted by Crippen LogP contribution is 2.63. The van der Waals surface area contributed by atoms with E-state index < -0.39 is 22.7 Å². The highest BCUT2D eigenvalue weighted by Gasteiger charge is 2.61. The summed E-state index contributed by atoms with van der Waals surface area (Å²) >= 11 is 0.432. The van der Waals surface area contributed by atoms with Crippen LogP contribution < -0.4 is 11.1 Å². The average molecular weight is 459 g/mol. The van der Waals surface area contributed by atoms with Crippen molar-refractivity contribution in [2.24, 2.45) is 34.8 Å². The minimum atomic E-state index is -4.57. The predicted molar refractivity (Wildman–Crippen MR) is 104 cm³/mol. The van der Waals surface area contributed by atoms with E-state index in [1.54, 1.807) is 0 Å². The number of nitrogens with two attached hydrogens (primary N) is 1. The first-order valence-corrected chi connectivity index (χ1v) is 11.4. The van der Waals surface area contributed by atoms with Gasteiger partial charge in [-0.1, -0.05) is 11.3 Å². The number of anilines is 1. The molecular weight excluding hydrogens is 435 g/mol. The van der Waals surface area contributed by atoms with Gasteiger partial charge in [0.2, 0.25) is 16.0 Å². The normalized spacial score (nSPS) is 39.1. The summed E-state index contributed by atoms with van der Waals surface area (Å²) in [5, 5.41) is 18.8. The molecule has 5 aliphatic rings. The van der Waals surface area contributed by atoms with Gasteiger partial charge in [-0.05, 0) is 62.2 Å². The second kappa shape index (κ2) is 6.94. The van der Waals surface area contributed by atoms with E-state index in [2.05, 4.69) is 15.5 Å². The van der Waals surface area contributed by atoms with Crippen LogP contribution in [0.2, 0.25) is 0 Å². The van der Waals surface area contributed by atoms with E-state index >= 15 is 0 Å². The summed E-state index contributed by atoms with van der Waals surface area (Å²) in [5.41, 5.74) is 5.29. The van der Waals surface area contributed by atoms with Crippen LogP contribution in [0, 0.1) is 29.1 Å². The summed E-state index contributed by atoms with van der Waals surface area (Å²) in [7, 11) is 0. The number of carboxylic acid groups (broad SMARTS) is 1. The zero-order valence-electron chi connectivity index (χ0n) is 16.6. The molecule has 12 heteroatoms. The van der Waals surface area contributed by atoms with Crippen LogP contribution >= 0.6 is 11.3 Å². The van der Waals surface area contributed by atoms with Crippen molar-refractivity contribution < 1.29 is 27.9 Å². The maximum atomic E-state index is 12.9. The van der Waals surface area contributed by atoms with Gasteiger partial charge in [-0.25, -0.2) is 4.79 Å². The van der Waals surface area contributed by atoms with Gasteiger partial charge in [-0.2, -0.15) is 13.2 Å². The summed E-state index contributed by atoms with van der Waals surface area (Å²) in [6.45, 7) is 0.308. The topological polar surface area (TPSA) is 121 Å². The Hall–Kier alpha value is -2.11. The Balaban J connectivity index is 1.42. The van der Waals surface area contributed by atoms with E-state index in [9.17, 15) is 27.9 Å². The summed E-state index contributed by atoms with van der Waals surface area (Å²) < 4.78 is 38.7. The minimum absolute atomic E-state index is 0.0481.